The van der Waals surface area contributed by atoms with Gasteiger partial charge in [0, 0.05) is 18.1 Å². The first-order valence-corrected chi connectivity index (χ1v) is 8.51. The van der Waals surface area contributed by atoms with Crippen molar-refractivity contribution >= 4 is 22.6 Å². The van der Waals surface area contributed by atoms with E-state index in [0.717, 1.165) is 0 Å². The molecule has 0 bridgehead atoms. The molecule has 5 N–H and O–H groups in total. The van der Waals surface area contributed by atoms with Crippen molar-refractivity contribution in [3.63, 3.8) is 0 Å². The largest absolute Gasteiger partial charge is 0.382 e. The number of carbonyl (C=O) groups excluding carboxylic acids is 1. The van der Waals surface area contributed by atoms with E-state index < -0.39 is 18.1 Å². The number of nitrogens with zero attached hydrogens (tertiary/aromatic N) is 2. The quantitative estimate of drug-likeness (QED) is 0.353. The Morgan fingerprint density at radius 1 is 1.11 bits per heavy atom. The number of aliphatic hydroxyl groups excluding tert-OH is 2. The summed E-state index contributed by atoms with van der Waals surface area (Å²) in [6.45, 7) is 0. The second kappa shape index (κ2) is 7.14. The smallest absolute Gasteiger partial charge is 0.330 e. The van der Waals surface area contributed by atoms with Crippen LogP contribution < -0.4 is 11.0 Å². The van der Waals surface area contributed by atoms with Crippen molar-refractivity contribution in [2.24, 2.45) is 0 Å². The summed E-state index contributed by atoms with van der Waals surface area (Å²) in [5, 5.41) is 23.0. The number of imidazole rings is 2. The molecule has 9 heteroatoms. The first-order chi connectivity index (χ1) is 13.5. The third-order valence-corrected chi connectivity index (χ3v) is 4.32. The van der Waals surface area contributed by atoms with Crippen LogP contribution in [0.5, 0.6) is 0 Å². The Hall–Kier alpha value is -3.69. The van der Waals surface area contributed by atoms with Crippen LogP contribution >= 0.6 is 0 Å². The van der Waals surface area contributed by atoms with Crippen LogP contribution in [-0.4, -0.2) is 41.7 Å². The van der Waals surface area contributed by atoms with Gasteiger partial charge in [0.2, 0.25) is 0 Å². The minimum atomic E-state index is -1.72. The average Bonchev–Trinajstić information content (AvgIpc) is 3.33. The number of benzene rings is 2. The zero-order chi connectivity index (χ0) is 19.7. The normalized spacial score (nSPS) is 13.4. The number of hydrogen-bond donors (Lipinski definition) is 5. The molecule has 2 heterocycles. The first kappa shape index (κ1) is 17.7. The highest BCUT2D eigenvalue weighted by Crippen LogP contribution is 2.20. The maximum absolute atomic E-state index is 12.3. The number of aliphatic hydroxyl groups is 2. The van der Waals surface area contributed by atoms with Gasteiger partial charge in [-0.05, 0) is 36.4 Å². The van der Waals surface area contributed by atoms with Crippen LogP contribution in [0.25, 0.3) is 16.7 Å². The molecule has 2 unspecified atom stereocenters. The summed E-state index contributed by atoms with van der Waals surface area (Å²) in [5.41, 5.74) is 2.07. The van der Waals surface area contributed by atoms with Gasteiger partial charge in [0.05, 0.1) is 16.7 Å². The minimum Gasteiger partial charge on any atom is -0.382 e. The monoisotopic (exact) mass is 379 g/mol. The molecule has 0 saturated carbocycles. The standard InChI is InChI=1S/C19H17N5O4/c25-15(17-22-13-3-1-2-4-14(13)23-17)16(26)18(27)21-11-5-7-12(8-6-11)24-10-9-20-19(24)28/h1-10,15-16,25-26H,(H,20,28)(H,21,27)(H,22,23). The summed E-state index contributed by atoms with van der Waals surface area (Å²) in [5.74, 6) is -0.675. The van der Waals surface area contributed by atoms with Crippen LogP contribution in [0.2, 0.25) is 0 Å². The van der Waals surface area contributed by atoms with Crippen molar-refractivity contribution < 1.29 is 15.0 Å². The van der Waals surface area contributed by atoms with Crippen LogP contribution in [0.4, 0.5) is 5.69 Å². The predicted octanol–water partition coefficient (Wildman–Crippen LogP) is 1.07. The molecule has 0 radical (unpaired) electrons. The number of amides is 1. The zero-order valence-electron chi connectivity index (χ0n) is 14.5. The van der Waals surface area contributed by atoms with E-state index in [2.05, 4.69) is 20.3 Å². The number of aromatic nitrogens is 4. The summed E-state index contributed by atoms with van der Waals surface area (Å²) in [4.78, 5) is 33.5. The number of rotatable bonds is 5. The fraction of sp³-hybridized carbons (Fsp3) is 0.105. The molecular formula is C19H17N5O4. The van der Waals surface area contributed by atoms with E-state index >= 15 is 0 Å². The molecule has 1 amide bonds. The Morgan fingerprint density at radius 2 is 1.86 bits per heavy atom. The summed E-state index contributed by atoms with van der Waals surface area (Å²) in [6, 6.07) is 13.6. The molecule has 0 aliphatic carbocycles. The molecule has 0 aliphatic heterocycles. The molecule has 9 nitrogen and oxygen atoms in total. The first-order valence-electron chi connectivity index (χ1n) is 8.51. The van der Waals surface area contributed by atoms with Crippen molar-refractivity contribution in [1.29, 1.82) is 0 Å². The average molecular weight is 379 g/mol. The van der Waals surface area contributed by atoms with Gasteiger partial charge in [0.25, 0.3) is 5.91 Å². The van der Waals surface area contributed by atoms with Gasteiger partial charge in [-0.25, -0.2) is 9.78 Å². The third kappa shape index (κ3) is 3.31. The van der Waals surface area contributed by atoms with E-state index in [1.807, 2.05) is 6.07 Å². The van der Waals surface area contributed by atoms with Gasteiger partial charge >= 0.3 is 5.69 Å². The van der Waals surface area contributed by atoms with Crippen LogP contribution in [-0.2, 0) is 4.79 Å². The van der Waals surface area contributed by atoms with E-state index in [1.165, 1.54) is 10.8 Å². The highest BCUT2D eigenvalue weighted by molar-refractivity contribution is 5.94. The molecule has 2 aromatic heterocycles. The highest BCUT2D eigenvalue weighted by Gasteiger charge is 2.28. The fourth-order valence-corrected chi connectivity index (χ4v) is 2.85. The van der Waals surface area contributed by atoms with Crippen LogP contribution in [0.1, 0.15) is 11.9 Å². The molecule has 0 fully saturated rings. The van der Waals surface area contributed by atoms with Gasteiger partial charge in [-0.1, -0.05) is 12.1 Å². The second-order valence-corrected chi connectivity index (χ2v) is 6.20. The highest BCUT2D eigenvalue weighted by atomic mass is 16.3. The Kier molecular flexibility index (Phi) is 4.52. The summed E-state index contributed by atoms with van der Waals surface area (Å²) in [6.07, 6.45) is -0.116. The Labute approximate surface area is 158 Å². The molecule has 4 rings (SSSR count). The summed E-state index contributed by atoms with van der Waals surface area (Å²) >= 11 is 0. The van der Waals surface area contributed by atoms with Crippen molar-refractivity contribution in [3.8, 4) is 5.69 Å². The van der Waals surface area contributed by atoms with Gasteiger partial charge in [-0.2, -0.15) is 0 Å². The number of anilines is 1. The van der Waals surface area contributed by atoms with Gasteiger partial charge in [0.15, 0.2) is 6.10 Å². The van der Waals surface area contributed by atoms with Crippen molar-refractivity contribution in [2.75, 3.05) is 5.32 Å². The predicted molar refractivity (Wildman–Crippen MR) is 102 cm³/mol. The lowest BCUT2D eigenvalue weighted by atomic mass is 10.1. The van der Waals surface area contributed by atoms with E-state index in [4.69, 9.17) is 0 Å². The SMILES string of the molecule is O=C(Nc1ccc(-n2cc[nH]c2=O)cc1)C(O)C(O)c1nc2ccccc2[nH]1. The van der Waals surface area contributed by atoms with Gasteiger partial charge in [0.1, 0.15) is 11.9 Å². The maximum Gasteiger partial charge on any atom is 0.330 e. The summed E-state index contributed by atoms with van der Waals surface area (Å²) < 4.78 is 1.41. The Morgan fingerprint density at radius 3 is 2.54 bits per heavy atom. The minimum absolute atomic E-state index is 0.103. The van der Waals surface area contributed by atoms with Gasteiger partial charge in [-0.3, -0.25) is 9.36 Å². The number of H-pyrrole nitrogens is 2. The van der Waals surface area contributed by atoms with Gasteiger partial charge < -0.3 is 25.5 Å². The van der Waals surface area contributed by atoms with Crippen LogP contribution in [0, 0.1) is 0 Å². The lowest BCUT2D eigenvalue weighted by Gasteiger charge is -2.16. The van der Waals surface area contributed by atoms with Gasteiger partial charge in [-0.15, -0.1) is 0 Å². The van der Waals surface area contributed by atoms with E-state index in [1.54, 1.807) is 48.7 Å². The molecule has 0 spiro atoms. The number of aromatic amines is 2. The number of carbonyl (C=O) groups is 1. The Bertz CT molecular complexity index is 1140. The van der Waals surface area contributed by atoms with E-state index in [0.29, 0.717) is 22.4 Å². The van der Waals surface area contributed by atoms with E-state index in [-0.39, 0.29) is 11.5 Å². The number of para-hydroxylation sites is 2. The topological polar surface area (TPSA) is 136 Å². The lowest BCUT2D eigenvalue weighted by Crippen LogP contribution is -2.33. The number of fused-ring (bicyclic) bond motifs is 1. The van der Waals surface area contributed by atoms with Crippen molar-refractivity contribution in [3.05, 3.63) is 77.2 Å². The van der Waals surface area contributed by atoms with Crippen molar-refractivity contribution in [2.45, 2.75) is 12.2 Å². The lowest BCUT2D eigenvalue weighted by molar-refractivity contribution is -0.130. The molecule has 4 aromatic rings. The molecule has 2 atom stereocenters. The van der Waals surface area contributed by atoms with Crippen molar-refractivity contribution in [1.82, 2.24) is 19.5 Å². The third-order valence-electron chi connectivity index (χ3n) is 4.32. The van der Waals surface area contributed by atoms with Crippen LogP contribution in [0.15, 0.2) is 65.7 Å². The molecular weight excluding hydrogens is 362 g/mol. The molecule has 0 saturated heterocycles. The van der Waals surface area contributed by atoms with E-state index in [9.17, 15) is 19.8 Å². The zero-order valence-corrected chi connectivity index (χ0v) is 14.5. The molecule has 2 aromatic carbocycles. The fourth-order valence-electron chi connectivity index (χ4n) is 2.85. The number of nitrogens with one attached hydrogen (secondary N) is 3. The maximum atomic E-state index is 12.3. The molecule has 142 valence electrons. The second-order valence-electron chi connectivity index (χ2n) is 6.20. The number of hydrogen-bond acceptors (Lipinski definition) is 5. The summed E-state index contributed by atoms with van der Waals surface area (Å²) in [7, 11) is 0. The van der Waals surface area contributed by atoms with Crippen LogP contribution in [0.3, 0.4) is 0 Å². The molecule has 28 heavy (non-hydrogen) atoms. The Balaban J connectivity index is 1.46. The molecule has 0 aliphatic rings.